The first-order chi connectivity index (χ1) is 12.4. The van der Waals surface area contributed by atoms with Crippen molar-refractivity contribution in [3.63, 3.8) is 0 Å². The van der Waals surface area contributed by atoms with Gasteiger partial charge in [0.2, 0.25) is 0 Å². The van der Waals surface area contributed by atoms with E-state index in [0.29, 0.717) is 21.4 Å². The highest BCUT2D eigenvalue weighted by atomic mass is 35.5. The van der Waals surface area contributed by atoms with Crippen LogP contribution in [0.1, 0.15) is 11.1 Å². The molecule has 6 nitrogen and oxygen atoms in total. The lowest BCUT2D eigenvalue weighted by molar-refractivity contribution is -0.146. The zero-order valence-corrected chi connectivity index (χ0v) is 15.2. The minimum Gasteiger partial charge on any atom is -0.496 e. The van der Waals surface area contributed by atoms with Gasteiger partial charge in [-0.2, -0.15) is 5.26 Å². The van der Waals surface area contributed by atoms with Crippen molar-refractivity contribution < 1.29 is 19.1 Å². The molecule has 0 radical (unpaired) electrons. The van der Waals surface area contributed by atoms with E-state index >= 15 is 0 Å². The molecule has 1 N–H and O–H groups in total. The molecular weight excluding hydrogens is 379 g/mol. The number of hydrogen-bond acceptors (Lipinski definition) is 5. The number of esters is 1. The summed E-state index contributed by atoms with van der Waals surface area (Å²) in [5, 5.41) is 12.3. The van der Waals surface area contributed by atoms with Crippen LogP contribution in [0, 0.1) is 11.3 Å². The van der Waals surface area contributed by atoms with Gasteiger partial charge < -0.3 is 14.8 Å². The molecule has 0 saturated carbocycles. The van der Waals surface area contributed by atoms with Crippen molar-refractivity contribution in [1.29, 1.82) is 5.26 Å². The van der Waals surface area contributed by atoms with E-state index in [-0.39, 0.29) is 17.7 Å². The quantitative estimate of drug-likeness (QED) is 0.758. The molecule has 0 heterocycles. The van der Waals surface area contributed by atoms with E-state index in [1.807, 2.05) is 6.07 Å². The van der Waals surface area contributed by atoms with Gasteiger partial charge in [-0.1, -0.05) is 23.2 Å². The molecule has 1 amide bonds. The fourth-order valence-electron chi connectivity index (χ4n) is 2.14. The third kappa shape index (κ3) is 5.38. The van der Waals surface area contributed by atoms with Crippen molar-refractivity contribution in [2.24, 2.45) is 0 Å². The van der Waals surface area contributed by atoms with Crippen LogP contribution in [0.5, 0.6) is 5.75 Å². The van der Waals surface area contributed by atoms with Gasteiger partial charge in [0.05, 0.1) is 24.8 Å². The molecule has 0 atom stereocenters. The fraction of sp³-hybridized carbons (Fsp3) is 0.167. The average molecular weight is 393 g/mol. The molecule has 2 aromatic rings. The first-order valence-electron chi connectivity index (χ1n) is 7.40. The summed E-state index contributed by atoms with van der Waals surface area (Å²) in [6.07, 6.45) is -0.0996. The second-order valence-corrected chi connectivity index (χ2v) is 6.02. The van der Waals surface area contributed by atoms with Gasteiger partial charge in [-0.3, -0.25) is 9.59 Å². The van der Waals surface area contributed by atoms with Crippen LogP contribution >= 0.6 is 23.2 Å². The van der Waals surface area contributed by atoms with E-state index in [9.17, 15) is 9.59 Å². The van der Waals surface area contributed by atoms with Gasteiger partial charge in [-0.25, -0.2) is 0 Å². The second-order valence-electron chi connectivity index (χ2n) is 5.14. The van der Waals surface area contributed by atoms with Crippen LogP contribution in [0.3, 0.4) is 0 Å². The van der Waals surface area contributed by atoms with Crippen molar-refractivity contribution >= 4 is 40.8 Å². The van der Waals surface area contributed by atoms with E-state index in [1.165, 1.54) is 25.3 Å². The Morgan fingerprint density at radius 2 is 1.85 bits per heavy atom. The van der Waals surface area contributed by atoms with E-state index in [2.05, 4.69) is 5.32 Å². The van der Waals surface area contributed by atoms with Gasteiger partial charge in [-0.15, -0.1) is 0 Å². The SMILES string of the molecule is COc1ccc(Cl)cc1CC(=O)OCC(=O)Nc1cc(Cl)ccc1C#N. The molecule has 8 heteroatoms. The topological polar surface area (TPSA) is 88.4 Å². The Bertz CT molecular complexity index is 878. The standard InChI is InChI=1S/C18H14Cl2N2O4/c1-25-16-5-4-13(19)6-12(16)7-18(24)26-10-17(23)22-15-8-14(20)3-2-11(15)9-21/h2-6,8H,7,10H2,1H3,(H,22,23). The number of benzene rings is 2. The molecular formula is C18H14Cl2N2O4. The molecule has 0 aliphatic rings. The summed E-state index contributed by atoms with van der Waals surface area (Å²) in [6.45, 7) is -0.501. The number of methoxy groups -OCH3 is 1. The second kappa shape index (κ2) is 9.09. The van der Waals surface area contributed by atoms with Gasteiger partial charge in [-0.05, 0) is 36.4 Å². The third-order valence-corrected chi connectivity index (χ3v) is 3.79. The van der Waals surface area contributed by atoms with Crippen molar-refractivity contribution in [3.05, 3.63) is 57.6 Å². The summed E-state index contributed by atoms with van der Waals surface area (Å²) < 4.78 is 10.1. The van der Waals surface area contributed by atoms with Crippen molar-refractivity contribution in [1.82, 2.24) is 0 Å². The minimum atomic E-state index is -0.618. The summed E-state index contributed by atoms with van der Waals surface area (Å²) in [6, 6.07) is 11.3. The van der Waals surface area contributed by atoms with Crippen LogP contribution in [0.4, 0.5) is 5.69 Å². The molecule has 2 rings (SSSR count). The molecule has 134 valence electrons. The number of nitriles is 1. The normalized spacial score (nSPS) is 9.92. The highest BCUT2D eigenvalue weighted by Gasteiger charge is 2.14. The van der Waals surface area contributed by atoms with Crippen LogP contribution in [-0.2, 0) is 20.7 Å². The number of carbonyl (C=O) groups excluding carboxylic acids is 2. The molecule has 0 spiro atoms. The first kappa shape index (κ1) is 19.6. The monoisotopic (exact) mass is 392 g/mol. The molecule has 2 aromatic carbocycles. The van der Waals surface area contributed by atoms with Crippen LogP contribution in [-0.4, -0.2) is 25.6 Å². The van der Waals surface area contributed by atoms with Gasteiger partial charge in [0.25, 0.3) is 5.91 Å². The predicted molar refractivity (Wildman–Crippen MR) is 97.5 cm³/mol. The summed E-state index contributed by atoms with van der Waals surface area (Å²) in [5.41, 5.74) is 1.04. The number of hydrogen-bond donors (Lipinski definition) is 1. The Labute approximate surface area is 160 Å². The maximum atomic E-state index is 12.0. The van der Waals surface area contributed by atoms with Gasteiger partial charge >= 0.3 is 5.97 Å². The summed E-state index contributed by atoms with van der Waals surface area (Å²) >= 11 is 11.8. The zero-order valence-electron chi connectivity index (χ0n) is 13.7. The maximum absolute atomic E-state index is 12.0. The number of nitrogens with one attached hydrogen (secondary N) is 1. The zero-order chi connectivity index (χ0) is 19.1. The molecule has 0 saturated heterocycles. The smallest absolute Gasteiger partial charge is 0.310 e. The molecule has 0 aromatic heterocycles. The Kier molecular flexibility index (Phi) is 6.84. The van der Waals surface area contributed by atoms with E-state index in [0.717, 1.165) is 0 Å². The highest BCUT2D eigenvalue weighted by molar-refractivity contribution is 6.31. The Hall–Kier alpha value is -2.75. The lowest BCUT2D eigenvalue weighted by atomic mass is 10.1. The van der Waals surface area contributed by atoms with Crippen molar-refractivity contribution in [2.45, 2.75) is 6.42 Å². The van der Waals surface area contributed by atoms with Crippen LogP contribution < -0.4 is 10.1 Å². The Balaban J connectivity index is 1.94. The number of rotatable bonds is 6. The van der Waals surface area contributed by atoms with Gasteiger partial charge in [0.15, 0.2) is 6.61 Å². The van der Waals surface area contributed by atoms with Gasteiger partial charge in [0.1, 0.15) is 11.8 Å². The highest BCUT2D eigenvalue weighted by Crippen LogP contribution is 2.23. The van der Waals surface area contributed by atoms with Crippen LogP contribution in [0.25, 0.3) is 0 Å². The largest absolute Gasteiger partial charge is 0.496 e. The average Bonchev–Trinajstić information content (AvgIpc) is 2.60. The number of ether oxygens (including phenoxy) is 2. The number of nitrogens with zero attached hydrogens (tertiary/aromatic N) is 1. The Morgan fingerprint density at radius 1 is 1.15 bits per heavy atom. The van der Waals surface area contributed by atoms with Crippen LogP contribution in [0.2, 0.25) is 10.0 Å². The van der Waals surface area contributed by atoms with Gasteiger partial charge in [0, 0.05) is 15.6 Å². The number of amides is 1. The third-order valence-electron chi connectivity index (χ3n) is 3.32. The molecule has 0 unspecified atom stereocenters. The maximum Gasteiger partial charge on any atom is 0.310 e. The molecule has 0 aliphatic carbocycles. The van der Waals surface area contributed by atoms with E-state index < -0.39 is 18.5 Å². The molecule has 0 bridgehead atoms. The van der Waals surface area contributed by atoms with Crippen LogP contribution in [0.15, 0.2) is 36.4 Å². The fourth-order valence-corrected chi connectivity index (χ4v) is 2.51. The van der Waals surface area contributed by atoms with E-state index in [4.69, 9.17) is 37.9 Å². The number of anilines is 1. The lowest BCUT2D eigenvalue weighted by Gasteiger charge is -2.10. The summed E-state index contributed by atoms with van der Waals surface area (Å²) in [7, 11) is 1.48. The van der Waals surface area contributed by atoms with Crippen molar-refractivity contribution in [3.8, 4) is 11.8 Å². The predicted octanol–water partition coefficient (Wildman–Crippen LogP) is 3.60. The lowest BCUT2D eigenvalue weighted by Crippen LogP contribution is -2.22. The molecule has 0 fully saturated rings. The molecule has 26 heavy (non-hydrogen) atoms. The number of carbonyl (C=O) groups is 2. The summed E-state index contributed by atoms with van der Waals surface area (Å²) in [4.78, 5) is 23.9. The summed E-state index contributed by atoms with van der Waals surface area (Å²) in [5.74, 6) is -0.712. The number of halogens is 2. The first-order valence-corrected chi connectivity index (χ1v) is 8.16. The van der Waals surface area contributed by atoms with E-state index in [1.54, 1.807) is 18.2 Å². The van der Waals surface area contributed by atoms with Crippen molar-refractivity contribution in [2.75, 3.05) is 19.0 Å². The molecule has 0 aliphatic heterocycles. The Morgan fingerprint density at radius 3 is 2.54 bits per heavy atom. The minimum absolute atomic E-state index is 0.0996.